The van der Waals surface area contributed by atoms with E-state index in [0.717, 1.165) is 5.56 Å². The lowest BCUT2D eigenvalue weighted by Gasteiger charge is -2.34. The van der Waals surface area contributed by atoms with Crippen LogP contribution in [-0.4, -0.2) is 77.7 Å². The summed E-state index contributed by atoms with van der Waals surface area (Å²) in [5.74, 6) is 0.229. The summed E-state index contributed by atoms with van der Waals surface area (Å²) in [6.45, 7) is 5.15. The number of carbonyl (C=O) groups excluding carboxylic acids is 1. The lowest BCUT2D eigenvalue weighted by Crippen LogP contribution is -2.47. The van der Waals surface area contributed by atoms with Crippen molar-refractivity contribution in [2.24, 2.45) is 13.0 Å². The summed E-state index contributed by atoms with van der Waals surface area (Å²) < 4.78 is 36.4. The van der Waals surface area contributed by atoms with E-state index in [1.807, 2.05) is 26.1 Å². The third kappa shape index (κ3) is 7.72. The molecule has 2 N–H and O–H groups in total. The van der Waals surface area contributed by atoms with Gasteiger partial charge >= 0.3 is 0 Å². The molecular weight excluding hydrogens is 589 g/mol. The molecule has 0 saturated carbocycles. The van der Waals surface area contributed by atoms with Gasteiger partial charge in [0.25, 0.3) is 10.0 Å². The molecule has 0 unspecified atom stereocenters. The van der Waals surface area contributed by atoms with Gasteiger partial charge in [0.1, 0.15) is 11.9 Å². The number of nitrogens with one attached hydrogen (secondary N) is 1. The second-order valence-electron chi connectivity index (χ2n) is 10.6. The van der Waals surface area contributed by atoms with Gasteiger partial charge in [0.15, 0.2) is 5.03 Å². The molecule has 0 saturated heterocycles. The number of aryl methyl sites for hydroxylation is 1. The zero-order valence-electron chi connectivity index (χ0n) is 23.4. The maximum absolute atomic E-state index is 13.5. The Hall–Kier alpha value is -2.83. The number of imidazole rings is 1. The van der Waals surface area contributed by atoms with Crippen LogP contribution in [0.1, 0.15) is 25.0 Å². The van der Waals surface area contributed by atoms with E-state index < -0.39 is 16.1 Å². The van der Waals surface area contributed by atoms with Gasteiger partial charge in [-0.1, -0.05) is 36.2 Å². The Morgan fingerprint density at radius 1 is 1.22 bits per heavy atom. The number of ether oxygens (including phenoxy) is 1. The van der Waals surface area contributed by atoms with Crippen molar-refractivity contribution < 1.29 is 23.1 Å². The Labute approximate surface area is 250 Å². The standard InChI is InChI=1S/C28H35Cl2N5O5S/c1-18-12-35(19(2)16-36)28(37)11-21-10-22(32-41(38,39)27-15-34(4)17-31-27)6-8-25(21)40-26(18)14-33(3)13-20-5-7-23(29)24(30)9-20/h5-10,15,17-19,26,32,36H,11-14,16H2,1-4H3/t18-,19+,26+/m0/s1. The van der Waals surface area contributed by atoms with Crippen LogP contribution in [0.5, 0.6) is 5.75 Å². The van der Waals surface area contributed by atoms with Gasteiger partial charge in [0, 0.05) is 50.0 Å². The summed E-state index contributed by atoms with van der Waals surface area (Å²) in [6.07, 6.45) is 2.47. The van der Waals surface area contributed by atoms with E-state index in [1.54, 1.807) is 47.7 Å². The highest BCUT2D eigenvalue weighted by atomic mass is 35.5. The average Bonchev–Trinajstić information content (AvgIpc) is 3.37. The van der Waals surface area contributed by atoms with Crippen molar-refractivity contribution in [1.82, 2.24) is 19.4 Å². The fraction of sp³-hybridized carbons (Fsp3) is 0.429. The van der Waals surface area contributed by atoms with Gasteiger partial charge in [-0.2, -0.15) is 8.42 Å². The molecule has 3 aromatic rings. The Bertz CT molecular complexity index is 1500. The molecule has 1 aromatic heterocycles. The molecule has 13 heteroatoms. The number of carbonyl (C=O) groups is 1. The molecule has 41 heavy (non-hydrogen) atoms. The summed E-state index contributed by atoms with van der Waals surface area (Å²) in [5, 5.41) is 10.7. The average molecular weight is 625 g/mol. The van der Waals surface area contributed by atoms with Crippen molar-refractivity contribution in [3.8, 4) is 5.75 Å². The van der Waals surface area contributed by atoms with E-state index in [1.165, 1.54) is 12.5 Å². The molecule has 2 aromatic carbocycles. The van der Waals surface area contributed by atoms with Crippen molar-refractivity contribution in [2.45, 2.75) is 44.0 Å². The number of nitrogens with zero attached hydrogens (tertiary/aromatic N) is 4. The zero-order valence-corrected chi connectivity index (χ0v) is 25.7. The minimum Gasteiger partial charge on any atom is -0.488 e. The van der Waals surface area contributed by atoms with Crippen molar-refractivity contribution in [3.63, 3.8) is 0 Å². The first-order chi connectivity index (χ1) is 19.4. The van der Waals surface area contributed by atoms with Gasteiger partial charge in [-0.05, 0) is 49.9 Å². The summed E-state index contributed by atoms with van der Waals surface area (Å²) in [4.78, 5) is 21.2. The highest BCUT2D eigenvalue weighted by Gasteiger charge is 2.31. The van der Waals surface area contributed by atoms with Gasteiger partial charge in [-0.3, -0.25) is 14.4 Å². The molecular formula is C28H35Cl2N5O5S. The Morgan fingerprint density at radius 3 is 2.63 bits per heavy atom. The van der Waals surface area contributed by atoms with Crippen LogP contribution in [0.25, 0.3) is 0 Å². The molecule has 0 fully saturated rings. The number of hydrogen-bond acceptors (Lipinski definition) is 7. The van der Waals surface area contributed by atoms with Crippen molar-refractivity contribution in [2.75, 3.05) is 31.5 Å². The van der Waals surface area contributed by atoms with Crippen LogP contribution in [0.3, 0.4) is 0 Å². The number of aliphatic hydroxyl groups is 1. The first kappa shape index (κ1) is 31.1. The smallest absolute Gasteiger partial charge is 0.280 e. The van der Waals surface area contributed by atoms with E-state index in [9.17, 15) is 18.3 Å². The van der Waals surface area contributed by atoms with Gasteiger partial charge in [-0.15, -0.1) is 0 Å². The maximum atomic E-state index is 13.5. The lowest BCUT2D eigenvalue weighted by molar-refractivity contribution is -0.134. The third-order valence-electron chi connectivity index (χ3n) is 7.05. The molecule has 0 bridgehead atoms. The van der Waals surface area contributed by atoms with Crippen LogP contribution in [0, 0.1) is 5.92 Å². The SMILES string of the molecule is C[C@H](CO)N1C[C@H](C)[C@@H](CN(C)Cc2ccc(Cl)c(Cl)c2)Oc2ccc(NS(=O)(=O)c3cn(C)cn3)cc2CC1=O. The molecule has 1 aliphatic rings. The third-order valence-corrected chi connectivity index (χ3v) is 9.06. The fourth-order valence-electron chi connectivity index (χ4n) is 4.77. The van der Waals surface area contributed by atoms with Crippen LogP contribution in [0.15, 0.2) is 53.9 Å². The number of hydrogen-bond donors (Lipinski definition) is 2. The minimum absolute atomic E-state index is 0.0165. The quantitative estimate of drug-likeness (QED) is 0.372. The number of halogens is 2. The maximum Gasteiger partial charge on any atom is 0.280 e. The number of aliphatic hydroxyl groups excluding tert-OH is 1. The van der Waals surface area contributed by atoms with Crippen LogP contribution in [0.4, 0.5) is 5.69 Å². The van der Waals surface area contributed by atoms with Gasteiger partial charge < -0.3 is 19.3 Å². The van der Waals surface area contributed by atoms with Crippen molar-refractivity contribution in [3.05, 3.63) is 70.1 Å². The van der Waals surface area contributed by atoms with Crippen LogP contribution >= 0.6 is 23.2 Å². The van der Waals surface area contributed by atoms with Crippen molar-refractivity contribution in [1.29, 1.82) is 0 Å². The first-order valence-electron chi connectivity index (χ1n) is 13.2. The molecule has 2 heterocycles. The predicted molar refractivity (Wildman–Crippen MR) is 159 cm³/mol. The van der Waals surface area contributed by atoms with E-state index in [0.29, 0.717) is 41.0 Å². The molecule has 0 radical (unpaired) electrons. The minimum atomic E-state index is -3.93. The molecule has 10 nitrogen and oxygen atoms in total. The highest BCUT2D eigenvalue weighted by Crippen LogP contribution is 2.30. The zero-order chi connectivity index (χ0) is 29.9. The summed E-state index contributed by atoms with van der Waals surface area (Å²) in [5.41, 5.74) is 1.82. The molecule has 222 valence electrons. The number of anilines is 1. The normalized spacial score (nSPS) is 18.7. The number of aromatic nitrogens is 2. The molecule has 3 atom stereocenters. The number of amides is 1. The summed E-state index contributed by atoms with van der Waals surface area (Å²) in [7, 11) is -0.275. The van der Waals surface area contributed by atoms with E-state index in [2.05, 4.69) is 14.6 Å². The molecule has 0 aliphatic carbocycles. The number of rotatable bonds is 9. The van der Waals surface area contributed by atoms with Gasteiger partial charge in [0.05, 0.1) is 35.4 Å². The van der Waals surface area contributed by atoms with Crippen molar-refractivity contribution >= 4 is 44.8 Å². The van der Waals surface area contributed by atoms with Crippen LogP contribution < -0.4 is 9.46 Å². The van der Waals surface area contributed by atoms with E-state index >= 15 is 0 Å². The largest absolute Gasteiger partial charge is 0.488 e. The molecule has 1 aliphatic heterocycles. The highest BCUT2D eigenvalue weighted by molar-refractivity contribution is 7.92. The second-order valence-corrected chi connectivity index (χ2v) is 13.1. The van der Waals surface area contributed by atoms with Crippen LogP contribution in [0.2, 0.25) is 10.0 Å². The Kier molecular flexibility index (Phi) is 9.86. The Balaban J connectivity index is 1.62. The first-order valence-corrected chi connectivity index (χ1v) is 15.4. The summed E-state index contributed by atoms with van der Waals surface area (Å²) >= 11 is 12.3. The van der Waals surface area contributed by atoms with E-state index in [-0.39, 0.29) is 41.7 Å². The van der Waals surface area contributed by atoms with Crippen LogP contribution in [-0.2, 0) is 34.8 Å². The number of benzene rings is 2. The number of likely N-dealkylation sites (N-methyl/N-ethyl adjacent to an activating group) is 1. The monoisotopic (exact) mass is 623 g/mol. The van der Waals surface area contributed by atoms with E-state index in [4.69, 9.17) is 27.9 Å². The topological polar surface area (TPSA) is 117 Å². The number of sulfonamides is 1. The fourth-order valence-corrected chi connectivity index (χ4v) is 6.12. The summed E-state index contributed by atoms with van der Waals surface area (Å²) in [6, 6.07) is 10.0. The van der Waals surface area contributed by atoms with Gasteiger partial charge in [-0.25, -0.2) is 4.98 Å². The number of fused-ring (bicyclic) bond motifs is 1. The lowest BCUT2D eigenvalue weighted by atomic mass is 10.0. The molecule has 4 rings (SSSR count). The molecule has 0 spiro atoms. The Morgan fingerprint density at radius 2 is 1.98 bits per heavy atom. The second kappa shape index (κ2) is 13.0. The van der Waals surface area contributed by atoms with Gasteiger partial charge in [0.2, 0.25) is 5.91 Å². The predicted octanol–water partition coefficient (Wildman–Crippen LogP) is 3.81. The molecule has 1 amide bonds.